The van der Waals surface area contributed by atoms with Crippen LogP contribution in [-0.2, 0) is 4.79 Å². The molecule has 1 aliphatic rings. The van der Waals surface area contributed by atoms with E-state index in [0.29, 0.717) is 0 Å². The van der Waals surface area contributed by atoms with Gasteiger partial charge in [-0.2, -0.15) is 0 Å². The second-order valence-electron chi connectivity index (χ2n) is 1.40. The monoisotopic (exact) mass is 165 g/mol. The maximum Gasteiger partial charge on any atom is 1.00 e. The van der Waals surface area contributed by atoms with Gasteiger partial charge in [0.05, 0.1) is 10.9 Å². The Morgan fingerprint density at radius 1 is 1.70 bits per heavy atom. The SMILES string of the molecule is O=C([O-])C1=CC=CNS1.[Na+]. The Balaban J connectivity index is 0.000000810. The molecule has 0 aromatic rings. The van der Waals surface area contributed by atoms with Crippen LogP contribution in [0.3, 0.4) is 0 Å². The van der Waals surface area contributed by atoms with Gasteiger partial charge in [0, 0.05) is 6.20 Å². The molecule has 0 spiro atoms. The quantitative estimate of drug-likeness (QED) is 0.322. The Labute approximate surface area is 85.0 Å². The van der Waals surface area contributed by atoms with Crippen LogP contribution in [0.5, 0.6) is 0 Å². The molecule has 0 unspecified atom stereocenters. The van der Waals surface area contributed by atoms with Crippen LogP contribution in [-0.4, -0.2) is 5.97 Å². The van der Waals surface area contributed by atoms with E-state index in [2.05, 4.69) is 4.72 Å². The van der Waals surface area contributed by atoms with Crippen LogP contribution in [0.1, 0.15) is 0 Å². The number of hydrogen-bond donors (Lipinski definition) is 1. The van der Waals surface area contributed by atoms with Gasteiger partial charge in [0.1, 0.15) is 0 Å². The van der Waals surface area contributed by atoms with E-state index in [-0.39, 0.29) is 34.5 Å². The van der Waals surface area contributed by atoms with Crippen molar-refractivity contribution in [2.75, 3.05) is 0 Å². The van der Waals surface area contributed by atoms with Crippen LogP contribution in [0.25, 0.3) is 0 Å². The van der Waals surface area contributed by atoms with E-state index >= 15 is 0 Å². The van der Waals surface area contributed by atoms with Crippen LogP contribution < -0.4 is 39.4 Å². The van der Waals surface area contributed by atoms with E-state index in [1.54, 1.807) is 12.3 Å². The second kappa shape index (κ2) is 4.85. The first kappa shape index (κ1) is 10.1. The van der Waals surface area contributed by atoms with E-state index < -0.39 is 5.97 Å². The van der Waals surface area contributed by atoms with Gasteiger partial charge in [-0.25, -0.2) is 0 Å². The number of carbonyl (C=O) groups is 1. The molecule has 1 rings (SSSR count). The summed E-state index contributed by atoms with van der Waals surface area (Å²) in [4.78, 5) is 10.3. The first-order valence-electron chi connectivity index (χ1n) is 2.31. The number of allylic oxidation sites excluding steroid dienone is 2. The first-order chi connectivity index (χ1) is 4.30. The first-order valence-corrected chi connectivity index (χ1v) is 3.13. The van der Waals surface area contributed by atoms with Gasteiger partial charge in [-0.05, 0) is 24.1 Å². The maximum atomic E-state index is 10.1. The minimum Gasteiger partial charge on any atom is -0.544 e. The minimum absolute atomic E-state index is 0. The minimum atomic E-state index is -1.14. The number of hydrogen-bond acceptors (Lipinski definition) is 4. The van der Waals surface area contributed by atoms with Crippen molar-refractivity contribution in [3.8, 4) is 0 Å². The van der Waals surface area contributed by atoms with Gasteiger partial charge < -0.3 is 14.6 Å². The summed E-state index contributed by atoms with van der Waals surface area (Å²) in [5.41, 5.74) is 0. The van der Waals surface area contributed by atoms with Crippen molar-refractivity contribution in [1.29, 1.82) is 0 Å². The zero-order valence-corrected chi connectivity index (χ0v) is 8.27. The Kier molecular flexibility index (Phi) is 4.89. The van der Waals surface area contributed by atoms with Crippen molar-refractivity contribution in [3.05, 3.63) is 23.3 Å². The summed E-state index contributed by atoms with van der Waals surface area (Å²) in [6, 6.07) is 0. The van der Waals surface area contributed by atoms with Crippen LogP contribution in [0, 0.1) is 0 Å². The number of nitrogens with one attached hydrogen (secondary N) is 1. The molecule has 0 radical (unpaired) electrons. The van der Waals surface area contributed by atoms with Gasteiger partial charge in [-0.1, -0.05) is 0 Å². The van der Waals surface area contributed by atoms with Crippen LogP contribution >= 0.6 is 11.9 Å². The van der Waals surface area contributed by atoms with E-state index in [9.17, 15) is 9.90 Å². The molecule has 0 saturated carbocycles. The molecule has 3 nitrogen and oxygen atoms in total. The fourth-order valence-electron chi connectivity index (χ4n) is 0.416. The molecule has 5 heteroatoms. The molecule has 0 amide bonds. The zero-order valence-electron chi connectivity index (χ0n) is 5.46. The number of carboxylic acids is 1. The number of rotatable bonds is 1. The third kappa shape index (κ3) is 2.79. The molecule has 1 N–H and O–H groups in total. The summed E-state index contributed by atoms with van der Waals surface area (Å²) in [7, 11) is 0. The maximum absolute atomic E-state index is 10.1. The van der Waals surface area contributed by atoms with Crippen molar-refractivity contribution >= 4 is 17.9 Å². The van der Waals surface area contributed by atoms with Gasteiger partial charge in [0.25, 0.3) is 0 Å². The average Bonchev–Trinajstić information content (AvgIpc) is 1.90. The Hall–Kier alpha value is 0.100. The molecule has 0 saturated heterocycles. The molecule has 10 heavy (non-hydrogen) atoms. The van der Waals surface area contributed by atoms with Crippen LogP contribution in [0.2, 0.25) is 0 Å². The van der Waals surface area contributed by atoms with Crippen molar-refractivity contribution in [1.82, 2.24) is 4.72 Å². The predicted octanol–water partition coefficient (Wildman–Crippen LogP) is -3.61. The topological polar surface area (TPSA) is 52.2 Å². The van der Waals surface area contributed by atoms with Gasteiger partial charge >= 0.3 is 29.6 Å². The van der Waals surface area contributed by atoms with E-state index in [0.717, 1.165) is 11.9 Å². The summed E-state index contributed by atoms with van der Waals surface area (Å²) in [6.45, 7) is 0. The molecule has 48 valence electrons. The molecule has 0 aromatic carbocycles. The molecule has 1 heterocycles. The summed E-state index contributed by atoms with van der Waals surface area (Å²) in [5.74, 6) is -1.14. The molecule has 1 aliphatic heterocycles. The Morgan fingerprint density at radius 2 is 2.40 bits per heavy atom. The smallest absolute Gasteiger partial charge is 0.544 e. The molecular weight excluding hydrogens is 161 g/mol. The normalized spacial score (nSPS) is 14.6. The molecule has 0 aromatic heterocycles. The third-order valence-corrected chi connectivity index (χ3v) is 1.56. The average molecular weight is 165 g/mol. The molecule has 0 bridgehead atoms. The van der Waals surface area contributed by atoms with Gasteiger partial charge in [-0.15, -0.1) is 0 Å². The fraction of sp³-hybridized carbons (Fsp3) is 0. The second-order valence-corrected chi connectivity index (χ2v) is 2.28. The van der Waals surface area contributed by atoms with Crippen molar-refractivity contribution < 1.29 is 39.5 Å². The van der Waals surface area contributed by atoms with E-state index in [4.69, 9.17) is 0 Å². The van der Waals surface area contributed by atoms with Crippen LogP contribution in [0.15, 0.2) is 23.3 Å². The van der Waals surface area contributed by atoms with Crippen molar-refractivity contribution in [3.63, 3.8) is 0 Å². The van der Waals surface area contributed by atoms with Gasteiger partial charge in [0.15, 0.2) is 0 Å². The van der Waals surface area contributed by atoms with Crippen molar-refractivity contribution in [2.45, 2.75) is 0 Å². The summed E-state index contributed by atoms with van der Waals surface area (Å²) in [6.07, 6.45) is 4.75. The van der Waals surface area contributed by atoms with Gasteiger partial charge in [-0.3, -0.25) is 0 Å². The third-order valence-electron chi connectivity index (χ3n) is 0.782. The van der Waals surface area contributed by atoms with Gasteiger partial charge in [0.2, 0.25) is 0 Å². The van der Waals surface area contributed by atoms with Crippen LogP contribution in [0.4, 0.5) is 0 Å². The predicted molar refractivity (Wildman–Crippen MR) is 33.0 cm³/mol. The number of carbonyl (C=O) groups excluding carboxylic acids is 1. The summed E-state index contributed by atoms with van der Waals surface area (Å²) >= 11 is 1.03. The number of carboxylic acid groups (broad SMARTS) is 1. The largest absolute Gasteiger partial charge is 1.00 e. The molecule has 0 fully saturated rings. The Morgan fingerprint density at radius 3 is 2.70 bits per heavy atom. The molecular formula is C5H4NNaO2S. The Bertz CT molecular complexity index is 190. The van der Waals surface area contributed by atoms with E-state index in [1.807, 2.05) is 0 Å². The standard InChI is InChI=1S/C5H5NO2S.Na/c7-5(8)4-2-1-3-6-9-4;/h1-3,6H,(H,7,8);/q;+1/p-1. The molecule has 0 aliphatic carbocycles. The summed E-state index contributed by atoms with van der Waals surface area (Å²) in [5, 5.41) is 10.1. The number of aliphatic carboxylic acids is 1. The summed E-state index contributed by atoms with van der Waals surface area (Å²) < 4.78 is 2.66. The van der Waals surface area contributed by atoms with Crippen molar-refractivity contribution in [2.24, 2.45) is 0 Å². The zero-order chi connectivity index (χ0) is 6.69. The molecule has 0 atom stereocenters. The van der Waals surface area contributed by atoms with E-state index in [1.165, 1.54) is 6.08 Å². The fourth-order valence-corrected chi connectivity index (χ4v) is 0.920.